The minimum absolute atomic E-state index is 0.650. The average Bonchev–Trinajstić information content (AvgIpc) is 3.28. The zero-order valence-electron chi connectivity index (χ0n) is 10.4. The summed E-state index contributed by atoms with van der Waals surface area (Å²) < 4.78 is 0. The second-order valence-electron chi connectivity index (χ2n) is 6.20. The third kappa shape index (κ3) is 1.91. The summed E-state index contributed by atoms with van der Waals surface area (Å²) in [6.07, 6.45) is 7.19. The van der Waals surface area contributed by atoms with Crippen LogP contribution in [0.5, 0.6) is 0 Å². The number of rotatable bonds is 3. The summed E-state index contributed by atoms with van der Waals surface area (Å²) in [4.78, 5) is 0. The molecule has 0 aromatic heterocycles. The second kappa shape index (κ2) is 3.84. The summed E-state index contributed by atoms with van der Waals surface area (Å²) in [7, 11) is 0. The third-order valence-electron chi connectivity index (χ3n) is 4.84. The van der Waals surface area contributed by atoms with E-state index in [0.29, 0.717) is 6.04 Å². The predicted molar refractivity (Wildman–Crippen MR) is 70.0 cm³/mol. The molecule has 3 aliphatic rings. The maximum absolute atomic E-state index is 3.77. The Morgan fingerprint density at radius 3 is 2.35 bits per heavy atom. The van der Waals surface area contributed by atoms with E-state index in [4.69, 9.17) is 0 Å². The van der Waals surface area contributed by atoms with Crippen molar-refractivity contribution in [3.8, 4) is 0 Å². The van der Waals surface area contributed by atoms with Gasteiger partial charge in [0.1, 0.15) is 0 Å². The van der Waals surface area contributed by atoms with Gasteiger partial charge in [0.2, 0.25) is 0 Å². The quantitative estimate of drug-likeness (QED) is 0.831. The van der Waals surface area contributed by atoms with Gasteiger partial charge in [-0.25, -0.2) is 0 Å². The first-order chi connectivity index (χ1) is 8.42. The van der Waals surface area contributed by atoms with Crippen molar-refractivity contribution in [1.82, 2.24) is 5.32 Å². The molecule has 4 rings (SSSR count). The van der Waals surface area contributed by atoms with E-state index in [1.54, 1.807) is 11.1 Å². The predicted octanol–water partition coefficient (Wildman–Crippen LogP) is 3.62. The van der Waals surface area contributed by atoms with E-state index in [1.807, 2.05) is 0 Å². The molecular formula is C16H21N. The molecule has 1 aromatic rings. The molecule has 0 spiro atoms. The molecule has 1 heterocycles. The summed E-state index contributed by atoms with van der Waals surface area (Å²) in [6.45, 7) is 1.26. The van der Waals surface area contributed by atoms with Gasteiger partial charge in [0.15, 0.2) is 0 Å². The van der Waals surface area contributed by atoms with Gasteiger partial charge >= 0.3 is 0 Å². The number of hydrogen-bond acceptors (Lipinski definition) is 1. The van der Waals surface area contributed by atoms with Crippen LogP contribution in [0.2, 0.25) is 0 Å². The summed E-state index contributed by atoms with van der Waals surface area (Å²) in [5.41, 5.74) is 3.25. The molecule has 0 amide bonds. The topological polar surface area (TPSA) is 12.0 Å². The van der Waals surface area contributed by atoms with Gasteiger partial charge in [-0.3, -0.25) is 0 Å². The Morgan fingerprint density at radius 1 is 0.882 bits per heavy atom. The molecule has 2 aliphatic carbocycles. The molecule has 1 aliphatic heterocycles. The fraction of sp³-hybridized carbons (Fsp3) is 0.625. The first-order valence-corrected chi connectivity index (χ1v) is 7.24. The monoisotopic (exact) mass is 227 g/mol. The Balaban J connectivity index is 1.57. The lowest BCUT2D eigenvalue weighted by Crippen LogP contribution is -2.15. The lowest BCUT2D eigenvalue weighted by atomic mass is 9.92. The highest BCUT2D eigenvalue weighted by molar-refractivity contribution is 5.36. The Morgan fingerprint density at radius 2 is 1.65 bits per heavy atom. The van der Waals surface area contributed by atoms with Crippen molar-refractivity contribution in [3.63, 3.8) is 0 Å². The molecule has 17 heavy (non-hydrogen) atoms. The Bertz CT molecular complexity index is 417. The molecule has 0 radical (unpaired) electrons. The van der Waals surface area contributed by atoms with Crippen molar-refractivity contribution in [2.75, 3.05) is 6.54 Å². The smallest absolute Gasteiger partial charge is 0.0326 e. The van der Waals surface area contributed by atoms with Gasteiger partial charge in [-0.15, -0.1) is 0 Å². The van der Waals surface area contributed by atoms with Crippen LogP contribution in [0.4, 0.5) is 0 Å². The van der Waals surface area contributed by atoms with Gasteiger partial charge in [-0.05, 0) is 67.5 Å². The van der Waals surface area contributed by atoms with Crippen LogP contribution in [0.3, 0.4) is 0 Å². The molecule has 90 valence electrons. The van der Waals surface area contributed by atoms with Crippen LogP contribution >= 0.6 is 0 Å². The molecule has 2 unspecified atom stereocenters. The molecule has 2 saturated carbocycles. The van der Waals surface area contributed by atoms with Crippen molar-refractivity contribution in [2.24, 2.45) is 11.8 Å². The van der Waals surface area contributed by atoms with Crippen molar-refractivity contribution in [1.29, 1.82) is 0 Å². The third-order valence-corrected chi connectivity index (χ3v) is 4.84. The van der Waals surface area contributed by atoms with Crippen LogP contribution in [0.15, 0.2) is 24.3 Å². The largest absolute Gasteiger partial charge is 0.310 e. The summed E-state index contributed by atoms with van der Waals surface area (Å²) in [5.74, 6) is 2.90. The number of hydrogen-bond donors (Lipinski definition) is 1. The number of benzene rings is 1. The SMILES string of the molecule is c1ccc(C2CC(C3CC3)CN2)c(C2CC2)c1. The van der Waals surface area contributed by atoms with Gasteiger partial charge in [-0.2, -0.15) is 0 Å². The van der Waals surface area contributed by atoms with Crippen LogP contribution in [0.25, 0.3) is 0 Å². The van der Waals surface area contributed by atoms with Crippen LogP contribution in [0, 0.1) is 11.8 Å². The molecule has 1 heteroatoms. The summed E-state index contributed by atoms with van der Waals surface area (Å²) in [5, 5.41) is 3.77. The molecule has 1 aromatic carbocycles. The first kappa shape index (κ1) is 10.1. The van der Waals surface area contributed by atoms with E-state index < -0.39 is 0 Å². The Kier molecular flexibility index (Phi) is 2.29. The highest BCUT2D eigenvalue weighted by atomic mass is 15.0. The van der Waals surface area contributed by atoms with Crippen LogP contribution in [-0.4, -0.2) is 6.54 Å². The normalized spacial score (nSPS) is 32.9. The highest BCUT2D eigenvalue weighted by Gasteiger charge is 2.38. The van der Waals surface area contributed by atoms with Crippen molar-refractivity contribution in [2.45, 2.75) is 44.1 Å². The van der Waals surface area contributed by atoms with Gasteiger partial charge in [-0.1, -0.05) is 24.3 Å². The fourth-order valence-electron chi connectivity index (χ4n) is 3.52. The number of nitrogens with one attached hydrogen (secondary N) is 1. The van der Waals surface area contributed by atoms with Crippen molar-refractivity contribution >= 4 is 0 Å². The highest BCUT2D eigenvalue weighted by Crippen LogP contribution is 2.47. The molecule has 2 atom stereocenters. The Labute approximate surface area is 104 Å². The lowest BCUT2D eigenvalue weighted by Gasteiger charge is -2.16. The average molecular weight is 227 g/mol. The second-order valence-corrected chi connectivity index (χ2v) is 6.20. The molecule has 1 saturated heterocycles. The standard InChI is InChI=1S/C16H21N/c1-2-4-15(14(3-1)12-7-8-12)16-9-13(10-17-16)11-5-6-11/h1-4,11-13,16-17H,5-10H2. The van der Waals surface area contributed by atoms with E-state index >= 15 is 0 Å². The zero-order chi connectivity index (χ0) is 11.2. The maximum atomic E-state index is 3.77. The maximum Gasteiger partial charge on any atom is 0.0326 e. The van der Waals surface area contributed by atoms with Gasteiger partial charge in [0.05, 0.1) is 0 Å². The van der Waals surface area contributed by atoms with Crippen LogP contribution in [0.1, 0.15) is 55.2 Å². The van der Waals surface area contributed by atoms with E-state index in [9.17, 15) is 0 Å². The summed E-state index contributed by atoms with van der Waals surface area (Å²) >= 11 is 0. The van der Waals surface area contributed by atoms with Crippen molar-refractivity contribution in [3.05, 3.63) is 35.4 Å². The van der Waals surface area contributed by atoms with Gasteiger partial charge < -0.3 is 5.32 Å². The molecule has 1 nitrogen and oxygen atoms in total. The minimum Gasteiger partial charge on any atom is -0.310 e. The fourth-order valence-corrected chi connectivity index (χ4v) is 3.52. The first-order valence-electron chi connectivity index (χ1n) is 7.24. The van der Waals surface area contributed by atoms with Crippen molar-refractivity contribution < 1.29 is 0 Å². The van der Waals surface area contributed by atoms with Gasteiger partial charge in [0, 0.05) is 6.04 Å². The van der Waals surface area contributed by atoms with E-state index in [2.05, 4.69) is 29.6 Å². The molecule has 3 fully saturated rings. The van der Waals surface area contributed by atoms with Crippen LogP contribution in [-0.2, 0) is 0 Å². The van der Waals surface area contributed by atoms with E-state index in [-0.39, 0.29) is 0 Å². The van der Waals surface area contributed by atoms with E-state index in [0.717, 1.165) is 17.8 Å². The van der Waals surface area contributed by atoms with E-state index in [1.165, 1.54) is 38.6 Å². The summed E-state index contributed by atoms with van der Waals surface area (Å²) in [6, 6.07) is 9.80. The Hall–Kier alpha value is -0.820. The molecular weight excluding hydrogens is 206 g/mol. The zero-order valence-corrected chi connectivity index (χ0v) is 10.4. The lowest BCUT2D eigenvalue weighted by molar-refractivity contribution is 0.496. The van der Waals surface area contributed by atoms with Crippen LogP contribution < -0.4 is 5.32 Å². The molecule has 0 bridgehead atoms. The molecule has 1 N–H and O–H groups in total. The minimum atomic E-state index is 0.650. The van der Waals surface area contributed by atoms with Gasteiger partial charge in [0.25, 0.3) is 0 Å².